The number of pyridine rings is 1. The van der Waals surface area contributed by atoms with Crippen molar-refractivity contribution in [2.45, 2.75) is 70.8 Å². The van der Waals surface area contributed by atoms with Gasteiger partial charge in [0.15, 0.2) is 23.3 Å². The zero-order chi connectivity index (χ0) is 35.5. The van der Waals surface area contributed by atoms with Crippen LogP contribution in [0.3, 0.4) is 0 Å². The molecule has 2 aliphatic rings. The van der Waals surface area contributed by atoms with Gasteiger partial charge in [-0.3, -0.25) is 0 Å². The summed E-state index contributed by atoms with van der Waals surface area (Å²) in [6, 6.07) is 42.0. The summed E-state index contributed by atoms with van der Waals surface area (Å²) in [6.07, 6.45) is 5.47. The van der Waals surface area contributed by atoms with E-state index in [9.17, 15) is 0 Å². The normalized spacial score (nSPS) is 17.3. The molecule has 5 heterocycles. The lowest BCUT2D eigenvalue weighted by molar-refractivity contribution is -0.716. The molecule has 0 amide bonds. The molecule has 5 aromatic carbocycles. The van der Waals surface area contributed by atoms with E-state index in [1.165, 1.54) is 80.9 Å². The Hall–Kier alpha value is -4.84. The maximum Gasteiger partial charge on any atom is 0.296 e. The lowest BCUT2D eigenvalue weighted by atomic mass is 9.77. The topological polar surface area (TPSA) is 12.7 Å². The van der Waals surface area contributed by atoms with Crippen LogP contribution >= 0.6 is 11.3 Å². The summed E-state index contributed by atoms with van der Waals surface area (Å²) in [5.41, 5.74) is 10.7. The van der Waals surface area contributed by atoms with Crippen molar-refractivity contribution in [2.75, 3.05) is 0 Å². The number of hydrogen-bond acceptors (Lipinski definition) is 1. The Bertz CT molecular complexity index is 2780. The van der Waals surface area contributed by atoms with Crippen molar-refractivity contribution in [3.8, 4) is 22.6 Å². The summed E-state index contributed by atoms with van der Waals surface area (Å²) in [5, 5.41) is 6.75. The molecule has 0 fully saturated rings. The summed E-state index contributed by atoms with van der Waals surface area (Å²) >= 11 is 1.95. The second-order valence-corrected chi connectivity index (χ2v) is 22.5. The van der Waals surface area contributed by atoms with Crippen LogP contribution in [-0.4, -0.2) is 12.6 Å². The fourth-order valence-electron chi connectivity index (χ4n) is 9.50. The van der Waals surface area contributed by atoms with E-state index in [2.05, 4.69) is 163 Å². The van der Waals surface area contributed by atoms with Crippen molar-refractivity contribution in [2.24, 2.45) is 0 Å². The number of aryl methyl sites for hydroxylation is 1. The van der Waals surface area contributed by atoms with E-state index in [0.29, 0.717) is 5.92 Å². The number of allylic oxidation sites excluding steroid dienone is 1. The van der Waals surface area contributed by atoms with Gasteiger partial charge in [-0.15, -0.1) is 11.3 Å². The Labute approximate surface area is 311 Å². The highest BCUT2D eigenvalue weighted by atomic mass is 32.1. The van der Waals surface area contributed by atoms with Gasteiger partial charge >= 0.3 is 0 Å². The van der Waals surface area contributed by atoms with E-state index >= 15 is 0 Å². The molecule has 0 aliphatic carbocycles. The van der Waals surface area contributed by atoms with Gasteiger partial charge in [-0.2, -0.15) is 9.13 Å². The van der Waals surface area contributed by atoms with Gasteiger partial charge < -0.3 is 0 Å². The molecule has 0 radical (unpaired) electrons. The lowest BCUT2D eigenvalue weighted by Crippen LogP contribution is -2.52. The predicted molar refractivity (Wildman–Crippen MR) is 223 cm³/mol. The van der Waals surface area contributed by atoms with E-state index in [4.69, 9.17) is 6.58 Å². The van der Waals surface area contributed by atoms with Gasteiger partial charge in [-0.05, 0) is 73.5 Å². The molecule has 0 saturated heterocycles. The number of hydrogen-bond donors (Lipinski definition) is 0. The number of aromatic nitrogens is 3. The minimum absolute atomic E-state index is 0.246. The van der Waals surface area contributed by atoms with Crippen molar-refractivity contribution in [1.82, 2.24) is 4.57 Å². The smallest absolute Gasteiger partial charge is 0.220 e. The average Bonchev–Trinajstić information content (AvgIpc) is 3.70. The monoisotopic (exact) mass is 711 g/mol. The largest absolute Gasteiger partial charge is 0.296 e. The fraction of sp³-hybridized carbons (Fsp3) is 0.234. The van der Waals surface area contributed by atoms with Crippen LogP contribution < -0.4 is 14.3 Å². The third-order valence-corrected chi connectivity index (χ3v) is 15.2. The van der Waals surface area contributed by atoms with Gasteiger partial charge in [0, 0.05) is 43.6 Å². The first-order valence-electron chi connectivity index (χ1n) is 18.9. The molecule has 0 saturated carbocycles. The second kappa shape index (κ2) is 11.6. The van der Waals surface area contributed by atoms with E-state index in [1.807, 2.05) is 11.3 Å². The molecular weight excluding hydrogens is 667 g/mol. The molecule has 0 bridgehead atoms. The number of thiophene rings is 1. The fourth-order valence-corrected chi connectivity index (χ4v) is 11.9. The third-order valence-electron chi connectivity index (χ3n) is 12.0. The van der Waals surface area contributed by atoms with E-state index < -0.39 is 8.07 Å². The highest BCUT2D eigenvalue weighted by Crippen LogP contribution is 2.48. The molecule has 3 nitrogen and oxygen atoms in total. The summed E-state index contributed by atoms with van der Waals surface area (Å²) in [4.78, 5) is 0. The Morgan fingerprint density at radius 2 is 1.58 bits per heavy atom. The van der Waals surface area contributed by atoms with Crippen LogP contribution in [0.5, 0.6) is 0 Å². The van der Waals surface area contributed by atoms with Gasteiger partial charge in [0.25, 0.3) is 5.82 Å². The number of nitrogens with zero attached hydrogens (tertiary/aromatic N) is 3. The van der Waals surface area contributed by atoms with Crippen LogP contribution in [0.15, 0.2) is 122 Å². The molecule has 0 N–H and O–H groups in total. The van der Waals surface area contributed by atoms with Crippen molar-refractivity contribution in [3.05, 3.63) is 133 Å². The van der Waals surface area contributed by atoms with Crippen LogP contribution in [0, 0.1) is 0 Å². The number of fused-ring (bicyclic) bond motifs is 17. The molecule has 3 aromatic heterocycles. The van der Waals surface area contributed by atoms with E-state index in [0.717, 1.165) is 25.0 Å². The molecule has 5 heteroatoms. The predicted octanol–water partition coefficient (Wildman–Crippen LogP) is 11.3. The van der Waals surface area contributed by atoms with Gasteiger partial charge in [0.05, 0.1) is 30.8 Å². The van der Waals surface area contributed by atoms with Crippen LogP contribution in [-0.2, 0) is 6.42 Å². The summed E-state index contributed by atoms with van der Waals surface area (Å²) < 4.78 is 10.6. The van der Waals surface area contributed by atoms with Gasteiger partial charge in [-0.1, -0.05) is 99.0 Å². The van der Waals surface area contributed by atoms with E-state index in [-0.39, 0.29) is 12.1 Å². The van der Waals surface area contributed by atoms with Crippen LogP contribution in [0.1, 0.15) is 55.8 Å². The number of benzene rings is 5. The van der Waals surface area contributed by atoms with Crippen molar-refractivity contribution in [3.63, 3.8) is 0 Å². The minimum atomic E-state index is -1.57. The molecule has 8 aromatic rings. The first-order chi connectivity index (χ1) is 25.2. The van der Waals surface area contributed by atoms with Gasteiger partial charge in [-0.25, -0.2) is 4.57 Å². The first-order valence-corrected chi connectivity index (χ1v) is 23.2. The molecule has 2 aliphatic heterocycles. The van der Waals surface area contributed by atoms with Crippen molar-refractivity contribution < 1.29 is 9.13 Å². The molecule has 256 valence electrons. The molecule has 10 rings (SSSR count). The highest BCUT2D eigenvalue weighted by molar-refractivity contribution is 7.26. The summed E-state index contributed by atoms with van der Waals surface area (Å²) in [5.74, 6) is 1.62. The zero-order valence-corrected chi connectivity index (χ0v) is 32.6. The molecule has 2 unspecified atom stereocenters. The summed E-state index contributed by atoms with van der Waals surface area (Å²) in [7, 11) is -1.57. The third kappa shape index (κ3) is 4.61. The standard InChI is InChI=1S/C47H45N3SSi/c1-29(2)49-41-25-21-31-13-7-8-14-34(31)45(41)50-30(3)27-42-37(35-15-9-10-16-36(35)40-26-22-33(28-48(40)42)52(4,5)6)23-19-32-20-24-39-38-17-11-12-18-43(38)51-46(39)44(32)47(49)50/h7-18,20-22,24-26,28-29,37,42H,3,19,23,27H2,1-2,4-6H3/q+2. The summed E-state index contributed by atoms with van der Waals surface area (Å²) in [6.45, 7) is 17.2. The molecular formula is C47H45N3SSi+2. The van der Waals surface area contributed by atoms with Crippen molar-refractivity contribution in [1.29, 1.82) is 0 Å². The maximum absolute atomic E-state index is 5.09. The Kier molecular flexibility index (Phi) is 7.09. The lowest BCUT2D eigenvalue weighted by Gasteiger charge is -2.32. The average molecular weight is 712 g/mol. The van der Waals surface area contributed by atoms with E-state index in [1.54, 1.807) is 0 Å². The van der Waals surface area contributed by atoms with Gasteiger partial charge in [0.1, 0.15) is 5.70 Å². The van der Waals surface area contributed by atoms with Crippen LogP contribution in [0.25, 0.3) is 70.3 Å². The zero-order valence-electron chi connectivity index (χ0n) is 30.8. The number of imidazole rings is 1. The maximum atomic E-state index is 5.09. The minimum Gasteiger partial charge on any atom is -0.220 e. The highest BCUT2D eigenvalue weighted by Gasteiger charge is 2.44. The van der Waals surface area contributed by atoms with Crippen LogP contribution in [0.2, 0.25) is 19.6 Å². The SMILES string of the molecule is C=C1CC2C(CCc3ccc4c(sc5ccccc54)c3-c3n1c1c4ccccc4ccc1[n+]3C(C)C)c1ccccc1-c1ccc([Si](C)(C)C)c[n+]12. The quantitative estimate of drug-likeness (QED) is 0.125. The number of rotatable bonds is 2. The first kappa shape index (κ1) is 31.9. The Morgan fingerprint density at radius 1 is 0.808 bits per heavy atom. The Balaban J connectivity index is 1.33. The van der Waals surface area contributed by atoms with Crippen molar-refractivity contribution >= 4 is 72.3 Å². The molecule has 2 atom stereocenters. The second-order valence-electron chi connectivity index (χ2n) is 16.4. The molecule has 52 heavy (non-hydrogen) atoms. The van der Waals surface area contributed by atoms with Crippen LogP contribution in [0.4, 0.5) is 0 Å². The van der Waals surface area contributed by atoms with Gasteiger partial charge in [0.2, 0.25) is 5.69 Å². The molecule has 0 spiro atoms. The Morgan fingerprint density at radius 3 is 2.40 bits per heavy atom.